The van der Waals surface area contributed by atoms with Crippen molar-refractivity contribution in [1.82, 2.24) is 4.90 Å². The Hall–Kier alpha value is -1.36. The zero-order valence-electron chi connectivity index (χ0n) is 7.15. The van der Waals surface area contributed by atoms with E-state index in [0.717, 1.165) is 0 Å². The molecule has 0 aliphatic carbocycles. The van der Waals surface area contributed by atoms with Crippen LogP contribution in [0.5, 0.6) is 0 Å². The van der Waals surface area contributed by atoms with E-state index in [-0.39, 0.29) is 12.1 Å². The second-order valence-electron chi connectivity index (χ2n) is 2.84. The molecule has 13 heavy (non-hydrogen) atoms. The molecule has 1 atom stereocenters. The number of ether oxygens (including phenoxy) is 2. The van der Waals surface area contributed by atoms with Crippen molar-refractivity contribution in [3.63, 3.8) is 0 Å². The van der Waals surface area contributed by atoms with Gasteiger partial charge in [-0.1, -0.05) is 0 Å². The van der Waals surface area contributed by atoms with Crippen LogP contribution in [0.3, 0.4) is 0 Å². The number of amides is 1. The predicted molar refractivity (Wildman–Crippen MR) is 41.3 cm³/mol. The highest BCUT2D eigenvalue weighted by Crippen LogP contribution is 2.29. The van der Waals surface area contributed by atoms with Crippen LogP contribution in [0.15, 0.2) is 11.8 Å². The summed E-state index contributed by atoms with van der Waals surface area (Å²) in [5.74, 6) is -0.581. The molecule has 2 heterocycles. The summed E-state index contributed by atoms with van der Waals surface area (Å²) in [7, 11) is 1.29. The van der Waals surface area contributed by atoms with E-state index in [1.54, 1.807) is 6.08 Å². The van der Waals surface area contributed by atoms with Gasteiger partial charge in [-0.25, -0.2) is 4.79 Å². The first kappa shape index (κ1) is 8.25. The van der Waals surface area contributed by atoms with Gasteiger partial charge in [0.05, 0.1) is 20.1 Å². The lowest BCUT2D eigenvalue weighted by Crippen LogP contribution is -2.56. The molecule has 0 saturated carbocycles. The van der Waals surface area contributed by atoms with E-state index in [0.29, 0.717) is 18.7 Å². The highest BCUT2D eigenvalue weighted by Gasteiger charge is 2.43. The number of esters is 1. The Bertz CT molecular complexity index is 297. The summed E-state index contributed by atoms with van der Waals surface area (Å²) < 4.78 is 9.73. The fourth-order valence-corrected chi connectivity index (χ4v) is 1.43. The van der Waals surface area contributed by atoms with E-state index >= 15 is 0 Å². The second kappa shape index (κ2) is 2.85. The minimum Gasteiger partial charge on any atom is -0.464 e. The molecule has 0 aromatic carbocycles. The number of fused-ring (bicyclic) bond motifs is 1. The van der Waals surface area contributed by atoms with E-state index in [1.165, 1.54) is 12.0 Å². The lowest BCUT2D eigenvalue weighted by molar-refractivity contribution is -0.174. The van der Waals surface area contributed by atoms with Gasteiger partial charge in [-0.2, -0.15) is 0 Å². The molecule has 2 aliphatic rings. The Morgan fingerprint density at radius 3 is 3.15 bits per heavy atom. The Balaban J connectivity index is 2.21. The van der Waals surface area contributed by atoms with E-state index in [2.05, 4.69) is 4.74 Å². The Morgan fingerprint density at radius 1 is 1.77 bits per heavy atom. The number of carbonyl (C=O) groups is 2. The quantitative estimate of drug-likeness (QED) is 0.411. The zero-order valence-corrected chi connectivity index (χ0v) is 7.15. The molecule has 2 aliphatic heterocycles. The first-order valence-electron chi connectivity index (χ1n) is 3.96. The van der Waals surface area contributed by atoms with Crippen molar-refractivity contribution in [1.29, 1.82) is 0 Å². The van der Waals surface area contributed by atoms with Gasteiger partial charge in [-0.15, -0.1) is 0 Å². The van der Waals surface area contributed by atoms with Gasteiger partial charge in [-0.3, -0.25) is 9.69 Å². The number of hydrogen-bond acceptors (Lipinski definition) is 4. The summed E-state index contributed by atoms with van der Waals surface area (Å²) in [4.78, 5) is 23.6. The topological polar surface area (TPSA) is 55.8 Å². The van der Waals surface area contributed by atoms with Gasteiger partial charge in [-0.05, 0) is 6.08 Å². The fourth-order valence-electron chi connectivity index (χ4n) is 1.43. The highest BCUT2D eigenvalue weighted by atomic mass is 16.5. The molecule has 1 saturated heterocycles. The van der Waals surface area contributed by atoms with Crippen molar-refractivity contribution in [2.45, 2.75) is 12.6 Å². The van der Waals surface area contributed by atoms with Gasteiger partial charge >= 0.3 is 5.97 Å². The van der Waals surface area contributed by atoms with Crippen molar-refractivity contribution in [3.8, 4) is 0 Å². The van der Waals surface area contributed by atoms with E-state index in [1.807, 2.05) is 0 Å². The largest absolute Gasteiger partial charge is 0.464 e. The summed E-state index contributed by atoms with van der Waals surface area (Å²) in [5.41, 5.74) is 0.301. The van der Waals surface area contributed by atoms with Crippen molar-refractivity contribution < 1.29 is 19.1 Å². The molecule has 2 rings (SSSR count). The first-order chi connectivity index (χ1) is 6.24. The van der Waals surface area contributed by atoms with Crippen LogP contribution < -0.4 is 0 Å². The summed E-state index contributed by atoms with van der Waals surface area (Å²) in [6, 6.07) is 0. The molecular formula is C8H9NO4. The zero-order chi connectivity index (χ0) is 9.42. The minimum absolute atomic E-state index is 0.0960. The first-order valence-corrected chi connectivity index (χ1v) is 3.96. The number of hydrogen-bond donors (Lipinski definition) is 0. The van der Waals surface area contributed by atoms with Crippen LogP contribution in [0.25, 0.3) is 0 Å². The monoisotopic (exact) mass is 183 g/mol. The van der Waals surface area contributed by atoms with E-state index < -0.39 is 5.97 Å². The third-order valence-corrected chi connectivity index (χ3v) is 2.13. The maximum absolute atomic E-state index is 11.2. The van der Waals surface area contributed by atoms with Crippen LogP contribution in [0, 0.1) is 0 Å². The summed E-state index contributed by atoms with van der Waals surface area (Å²) in [5, 5.41) is 0. The molecule has 0 aromatic heterocycles. The molecule has 0 aromatic rings. The van der Waals surface area contributed by atoms with Crippen LogP contribution in [-0.2, 0) is 19.1 Å². The number of β-lactam (4-membered cyclic amide) rings is 1. The van der Waals surface area contributed by atoms with Crippen LogP contribution in [-0.4, -0.2) is 36.7 Å². The predicted octanol–water partition coefficient (Wildman–Crippen LogP) is -0.368. The van der Waals surface area contributed by atoms with Crippen LogP contribution in [0.4, 0.5) is 0 Å². The lowest BCUT2D eigenvalue weighted by Gasteiger charge is -2.42. The van der Waals surface area contributed by atoms with Crippen LogP contribution in [0.2, 0.25) is 0 Å². The molecule has 0 N–H and O–H groups in total. The molecule has 0 bridgehead atoms. The SMILES string of the molecule is COC(=O)C1=CCOC2CC(=O)N12. The third-order valence-electron chi connectivity index (χ3n) is 2.13. The van der Waals surface area contributed by atoms with Crippen LogP contribution in [0.1, 0.15) is 6.42 Å². The fraction of sp³-hybridized carbons (Fsp3) is 0.500. The lowest BCUT2D eigenvalue weighted by atomic mass is 10.1. The summed E-state index contributed by atoms with van der Waals surface area (Å²) >= 11 is 0. The molecule has 1 amide bonds. The number of rotatable bonds is 1. The molecule has 1 fully saturated rings. The molecule has 5 heteroatoms. The number of methoxy groups -OCH3 is 1. The summed E-state index contributed by atoms with van der Waals surface area (Å²) in [6.45, 7) is 0.360. The van der Waals surface area contributed by atoms with Gasteiger partial charge in [0.2, 0.25) is 5.91 Å². The maximum atomic E-state index is 11.2. The normalized spacial score (nSPS) is 25.9. The molecular weight excluding hydrogens is 174 g/mol. The minimum atomic E-state index is -0.485. The average molecular weight is 183 g/mol. The number of nitrogens with zero attached hydrogens (tertiary/aromatic N) is 1. The molecule has 5 nitrogen and oxygen atoms in total. The van der Waals surface area contributed by atoms with Gasteiger partial charge in [0, 0.05) is 0 Å². The average Bonchev–Trinajstić information content (AvgIpc) is 2.14. The maximum Gasteiger partial charge on any atom is 0.354 e. The van der Waals surface area contributed by atoms with Crippen molar-refractivity contribution >= 4 is 11.9 Å². The summed E-state index contributed by atoms with van der Waals surface area (Å²) in [6.07, 6.45) is 1.65. The second-order valence-corrected chi connectivity index (χ2v) is 2.84. The number of carbonyl (C=O) groups excluding carboxylic acids is 2. The standard InChI is InChI=1S/C8H9NO4/c1-12-8(11)5-2-3-13-7-4-6(10)9(5)7/h2,7H,3-4H2,1H3. The van der Waals surface area contributed by atoms with Gasteiger partial charge in [0.25, 0.3) is 0 Å². The molecule has 70 valence electrons. The van der Waals surface area contributed by atoms with Gasteiger partial charge in [0.1, 0.15) is 11.9 Å². The Kier molecular flexibility index (Phi) is 1.81. The molecule has 0 radical (unpaired) electrons. The van der Waals surface area contributed by atoms with E-state index in [9.17, 15) is 9.59 Å². The van der Waals surface area contributed by atoms with Crippen LogP contribution >= 0.6 is 0 Å². The molecule has 0 spiro atoms. The van der Waals surface area contributed by atoms with E-state index in [4.69, 9.17) is 4.74 Å². The van der Waals surface area contributed by atoms with Crippen molar-refractivity contribution in [3.05, 3.63) is 11.8 Å². The smallest absolute Gasteiger partial charge is 0.354 e. The van der Waals surface area contributed by atoms with Crippen molar-refractivity contribution in [2.75, 3.05) is 13.7 Å². The molecule has 1 unspecified atom stereocenters. The van der Waals surface area contributed by atoms with Gasteiger partial charge < -0.3 is 9.47 Å². The third kappa shape index (κ3) is 1.12. The Labute approximate surface area is 74.9 Å². The Morgan fingerprint density at radius 2 is 2.54 bits per heavy atom. The van der Waals surface area contributed by atoms with Crippen molar-refractivity contribution in [2.24, 2.45) is 0 Å². The van der Waals surface area contributed by atoms with Gasteiger partial charge in [0.15, 0.2) is 0 Å². The highest BCUT2D eigenvalue weighted by molar-refractivity contribution is 5.96.